The number of hydrogen-bond acceptors (Lipinski definition) is 3. The Morgan fingerprint density at radius 1 is 1.00 bits per heavy atom. The van der Waals surface area contributed by atoms with Crippen molar-refractivity contribution in [1.29, 1.82) is 0 Å². The summed E-state index contributed by atoms with van der Waals surface area (Å²) in [5.74, 6) is 0.813. The average Bonchev–Trinajstić information content (AvgIpc) is 3.31. The SMILES string of the molecule is CC(C)CN1CCC(N(CC2CCCCN2)C2CC2)CC1. The molecule has 3 heteroatoms. The molecule has 2 heterocycles. The molecular weight excluding hydrogens is 258 g/mol. The maximum Gasteiger partial charge on any atom is 0.0195 e. The van der Waals surface area contributed by atoms with Crippen molar-refractivity contribution in [2.75, 3.05) is 32.7 Å². The molecule has 3 rings (SSSR count). The van der Waals surface area contributed by atoms with E-state index in [9.17, 15) is 0 Å². The van der Waals surface area contributed by atoms with Gasteiger partial charge in [0.1, 0.15) is 0 Å². The first-order valence-electron chi connectivity index (χ1n) is 9.44. The number of nitrogens with zero attached hydrogens (tertiary/aromatic N) is 2. The molecule has 0 aromatic heterocycles. The maximum absolute atomic E-state index is 3.75. The third-order valence-corrected chi connectivity index (χ3v) is 5.51. The number of piperidine rings is 2. The molecule has 0 bridgehead atoms. The van der Waals surface area contributed by atoms with E-state index >= 15 is 0 Å². The third-order valence-electron chi connectivity index (χ3n) is 5.51. The van der Waals surface area contributed by atoms with E-state index in [0.717, 1.165) is 24.0 Å². The average molecular weight is 293 g/mol. The monoisotopic (exact) mass is 293 g/mol. The Kier molecular flexibility index (Phi) is 5.58. The van der Waals surface area contributed by atoms with Gasteiger partial charge >= 0.3 is 0 Å². The van der Waals surface area contributed by atoms with Crippen molar-refractivity contribution in [2.24, 2.45) is 5.92 Å². The predicted molar refractivity (Wildman–Crippen MR) is 89.7 cm³/mol. The van der Waals surface area contributed by atoms with Gasteiger partial charge < -0.3 is 10.2 Å². The molecule has 2 saturated heterocycles. The Balaban J connectivity index is 1.48. The third kappa shape index (κ3) is 4.67. The lowest BCUT2D eigenvalue weighted by Crippen LogP contribution is -2.51. The van der Waals surface area contributed by atoms with Gasteiger partial charge in [0, 0.05) is 31.2 Å². The van der Waals surface area contributed by atoms with Gasteiger partial charge in [0.15, 0.2) is 0 Å². The molecule has 1 N–H and O–H groups in total. The fourth-order valence-corrected chi connectivity index (χ4v) is 4.29. The van der Waals surface area contributed by atoms with Crippen LogP contribution in [0.5, 0.6) is 0 Å². The Morgan fingerprint density at radius 2 is 1.71 bits per heavy atom. The summed E-state index contributed by atoms with van der Waals surface area (Å²) in [7, 11) is 0. The Labute approximate surface area is 131 Å². The Bertz CT molecular complexity index is 300. The summed E-state index contributed by atoms with van der Waals surface area (Å²) in [6, 6.07) is 2.56. The molecule has 0 spiro atoms. The first-order chi connectivity index (χ1) is 10.2. The highest BCUT2D eigenvalue weighted by Gasteiger charge is 2.36. The van der Waals surface area contributed by atoms with Crippen molar-refractivity contribution in [1.82, 2.24) is 15.1 Å². The van der Waals surface area contributed by atoms with E-state index < -0.39 is 0 Å². The van der Waals surface area contributed by atoms with Crippen molar-refractivity contribution in [3.63, 3.8) is 0 Å². The standard InChI is InChI=1S/C18H35N3/c1-15(2)13-20-11-8-18(9-12-20)21(17-6-7-17)14-16-5-3-4-10-19-16/h15-19H,3-14H2,1-2H3. The Hall–Kier alpha value is -0.120. The maximum atomic E-state index is 3.75. The molecule has 1 saturated carbocycles. The molecule has 21 heavy (non-hydrogen) atoms. The number of nitrogens with one attached hydrogen (secondary N) is 1. The largest absolute Gasteiger partial charge is 0.313 e. The molecule has 0 radical (unpaired) electrons. The van der Waals surface area contributed by atoms with Crippen LogP contribution in [0.2, 0.25) is 0 Å². The van der Waals surface area contributed by atoms with Crippen LogP contribution in [0.1, 0.15) is 58.8 Å². The second kappa shape index (κ2) is 7.43. The molecule has 122 valence electrons. The lowest BCUT2D eigenvalue weighted by atomic mass is 9.99. The van der Waals surface area contributed by atoms with Crippen LogP contribution in [-0.4, -0.2) is 60.6 Å². The van der Waals surface area contributed by atoms with Gasteiger partial charge in [-0.25, -0.2) is 0 Å². The van der Waals surface area contributed by atoms with Gasteiger partial charge in [0.05, 0.1) is 0 Å². The van der Waals surface area contributed by atoms with Crippen molar-refractivity contribution in [2.45, 2.75) is 76.9 Å². The molecule has 0 amide bonds. The fraction of sp³-hybridized carbons (Fsp3) is 1.00. The minimum atomic E-state index is 0.771. The van der Waals surface area contributed by atoms with Crippen LogP contribution in [0, 0.1) is 5.92 Å². The quantitative estimate of drug-likeness (QED) is 0.812. The molecule has 0 aromatic carbocycles. The van der Waals surface area contributed by atoms with Crippen molar-refractivity contribution in [3.8, 4) is 0 Å². The van der Waals surface area contributed by atoms with Crippen LogP contribution in [0.4, 0.5) is 0 Å². The van der Waals surface area contributed by atoms with Gasteiger partial charge in [-0.2, -0.15) is 0 Å². The first-order valence-corrected chi connectivity index (χ1v) is 9.44. The molecule has 0 aromatic rings. The van der Waals surface area contributed by atoms with E-state index in [2.05, 4.69) is 29.0 Å². The van der Waals surface area contributed by atoms with E-state index in [0.29, 0.717) is 0 Å². The topological polar surface area (TPSA) is 18.5 Å². The summed E-state index contributed by atoms with van der Waals surface area (Å²) in [5.41, 5.74) is 0. The molecule has 3 nitrogen and oxygen atoms in total. The van der Waals surface area contributed by atoms with Crippen LogP contribution in [0.15, 0.2) is 0 Å². The zero-order valence-electron chi connectivity index (χ0n) is 14.2. The van der Waals surface area contributed by atoms with Gasteiger partial charge in [0.25, 0.3) is 0 Å². The second-order valence-electron chi connectivity index (χ2n) is 8.00. The number of rotatable bonds is 6. The summed E-state index contributed by atoms with van der Waals surface area (Å²) in [6.45, 7) is 11.2. The smallest absolute Gasteiger partial charge is 0.0195 e. The van der Waals surface area contributed by atoms with Crippen molar-refractivity contribution >= 4 is 0 Å². The summed E-state index contributed by atoms with van der Waals surface area (Å²) < 4.78 is 0. The van der Waals surface area contributed by atoms with Crippen LogP contribution >= 0.6 is 0 Å². The normalized spacial score (nSPS) is 29.4. The molecule has 3 aliphatic rings. The van der Waals surface area contributed by atoms with Crippen molar-refractivity contribution in [3.05, 3.63) is 0 Å². The number of hydrogen-bond donors (Lipinski definition) is 1. The summed E-state index contributed by atoms with van der Waals surface area (Å²) in [4.78, 5) is 5.58. The zero-order valence-corrected chi connectivity index (χ0v) is 14.2. The highest BCUT2D eigenvalue weighted by molar-refractivity contribution is 4.93. The van der Waals surface area contributed by atoms with E-state index in [1.54, 1.807) is 0 Å². The van der Waals surface area contributed by atoms with Gasteiger partial charge in [-0.15, -0.1) is 0 Å². The van der Waals surface area contributed by atoms with E-state index in [1.165, 1.54) is 77.7 Å². The van der Waals surface area contributed by atoms with E-state index in [4.69, 9.17) is 0 Å². The zero-order chi connectivity index (χ0) is 14.7. The highest BCUT2D eigenvalue weighted by Crippen LogP contribution is 2.32. The second-order valence-corrected chi connectivity index (χ2v) is 8.00. The van der Waals surface area contributed by atoms with Crippen molar-refractivity contribution < 1.29 is 0 Å². The van der Waals surface area contributed by atoms with E-state index in [1.807, 2.05) is 0 Å². The minimum absolute atomic E-state index is 0.771. The number of likely N-dealkylation sites (tertiary alicyclic amines) is 1. The van der Waals surface area contributed by atoms with Crippen LogP contribution in [0.3, 0.4) is 0 Å². The van der Waals surface area contributed by atoms with E-state index in [-0.39, 0.29) is 0 Å². The summed E-state index contributed by atoms with van der Waals surface area (Å²) in [6.07, 6.45) is 9.93. The van der Waals surface area contributed by atoms with Crippen LogP contribution < -0.4 is 5.32 Å². The van der Waals surface area contributed by atoms with Gasteiger partial charge in [0.2, 0.25) is 0 Å². The van der Waals surface area contributed by atoms with Gasteiger partial charge in [-0.05, 0) is 64.1 Å². The molecular formula is C18H35N3. The predicted octanol–water partition coefficient (Wildman–Crippen LogP) is 2.71. The molecule has 3 fully saturated rings. The summed E-state index contributed by atoms with van der Waals surface area (Å²) >= 11 is 0. The molecule has 1 atom stereocenters. The highest BCUT2D eigenvalue weighted by atomic mass is 15.3. The minimum Gasteiger partial charge on any atom is -0.313 e. The fourth-order valence-electron chi connectivity index (χ4n) is 4.29. The van der Waals surface area contributed by atoms with Gasteiger partial charge in [-0.3, -0.25) is 4.90 Å². The first kappa shape index (κ1) is 15.8. The molecule has 1 aliphatic carbocycles. The summed E-state index contributed by atoms with van der Waals surface area (Å²) in [5, 5.41) is 3.75. The lowest BCUT2D eigenvalue weighted by molar-refractivity contribution is 0.0849. The molecule has 2 aliphatic heterocycles. The Morgan fingerprint density at radius 3 is 2.29 bits per heavy atom. The van der Waals surface area contributed by atoms with Gasteiger partial charge in [-0.1, -0.05) is 20.3 Å². The lowest BCUT2D eigenvalue weighted by Gasteiger charge is -2.41. The van der Waals surface area contributed by atoms with Crippen LogP contribution in [-0.2, 0) is 0 Å². The molecule has 1 unspecified atom stereocenters. The van der Waals surface area contributed by atoms with Crippen LogP contribution in [0.25, 0.3) is 0 Å².